The lowest BCUT2D eigenvalue weighted by atomic mass is 9.90. The molecule has 19 nitrogen and oxygen atoms in total. The summed E-state index contributed by atoms with van der Waals surface area (Å²) in [5, 5.41) is 43.4. The van der Waals surface area contributed by atoms with Crippen LogP contribution in [0.5, 0.6) is 11.8 Å². The molecule has 0 radical (unpaired) electrons. The number of aliphatic hydroxyl groups excluding tert-OH is 2. The minimum atomic E-state index is -4.98. The lowest BCUT2D eigenvalue weighted by Gasteiger charge is -2.30. The summed E-state index contributed by atoms with van der Waals surface area (Å²) in [5.41, 5.74) is 2.32. The fraction of sp³-hybridized carbons (Fsp3) is 0.379. The molecule has 4 aromatic carbocycles. The van der Waals surface area contributed by atoms with E-state index in [-0.39, 0.29) is 101 Å². The van der Waals surface area contributed by atoms with Crippen LogP contribution in [0, 0.1) is 18.7 Å². The van der Waals surface area contributed by atoms with Gasteiger partial charge in [-0.2, -0.15) is 28.2 Å². The van der Waals surface area contributed by atoms with E-state index in [1.807, 2.05) is 49.1 Å². The van der Waals surface area contributed by atoms with Crippen LogP contribution in [0.2, 0.25) is 0 Å². The van der Waals surface area contributed by atoms with Crippen LogP contribution >= 0.6 is 0 Å². The van der Waals surface area contributed by atoms with Gasteiger partial charge >= 0.3 is 12.2 Å². The van der Waals surface area contributed by atoms with Crippen LogP contribution in [0.15, 0.2) is 97.5 Å². The number of alkyl halides is 3. The highest BCUT2D eigenvalue weighted by molar-refractivity contribution is 6.06. The van der Waals surface area contributed by atoms with Crippen molar-refractivity contribution in [3.63, 3.8) is 0 Å². The van der Waals surface area contributed by atoms with E-state index in [0.717, 1.165) is 23.7 Å². The molecule has 4 aromatic heterocycles. The minimum absolute atomic E-state index is 0.0163. The molecule has 422 valence electrons. The number of β-amino-alcohol motifs (C(OH)–C–C–N with tert-alkyl or cyclic N) is 1. The van der Waals surface area contributed by atoms with E-state index in [1.165, 1.54) is 35.9 Å². The zero-order chi connectivity index (χ0) is 56.9. The molecule has 0 saturated carbocycles. The predicted molar refractivity (Wildman–Crippen MR) is 291 cm³/mol. The van der Waals surface area contributed by atoms with E-state index in [2.05, 4.69) is 36.1 Å². The van der Waals surface area contributed by atoms with Crippen molar-refractivity contribution in [1.82, 2.24) is 55.7 Å². The number of amides is 2. The number of piperazine rings is 1. The first-order valence-electron chi connectivity index (χ1n) is 26.8. The van der Waals surface area contributed by atoms with Gasteiger partial charge in [0.2, 0.25) is 11.8 Å². The molecular weight excluding hydrogens is 1050 g/mol. The summed E-state index contributed by atoms with van der Waals surface area (Å²) in [6.45, 7) is 7.20. The Balaban J connectivity index is 0.882. The fourth-order valence-electron chi connectivity index (χ4n) is 11.2. The number of nitrogens with one attached hydrogen (secondary N) is 3. The van der Waals surface area contributed by atoms with Crippen LogP contribution in [-0.2, 0) is 27.1 Å². The Morgan fingerprint density at radius 2 is 1.69 bits per heavy atom. The molecule has 7 heterocycles. The Labute approximate surface area is 462 Å². The average molecular weight is 1110 g/mol. The third-order valence-electron chi connectivity index (χ3n) is 15.5. The molecule has 3 aliphatic heterocycles. The Morgan fingerprint density at radius 3 is 2.37 bits per heavy atom. The van der Waals surface area contributed by atoms with E-state index >= 15 is 17.6 Å². The van der Waals surface area contributed by atoms with Crippen LogP contribution in [0.25, 0.3) is 55.4 Å². The Hall–Kier alpha value is -8.12. The number of hydrogen-bond acceptors (Lipinski definition) is 15. The summed E-state index contributed by atoms with van der Waals surface area (Å²) in [6, 6.07) is 19.1. The van der Waals surface area contributed by atoms with Gasteiger partial charge in [0.15, 0.2) is 5.75 Å². The van der Waals surface area contributed by atoms with E-state index < -0.39 is 65.8 Å². The monoisotopic (exact) mass is 1110 g/mol. The molecule has 2 amide bonds. The zero-order valence-corrected chi connectivity index (χ0v) is 45.0. The number of likely N-dealkylation sites (tertiary alicyclic amines) is 1. The van der Waals surface area contributed by atoms with Gasteiger partial charge in [0, 0.05) is 84.5 Å². The largest absolute Gasteiger partial charge is 0.486 e. The SMILES string of the molecule is CO[C@@H](C)COc1nc(N2C[C@@H]3C[C@H]2CN3)c2cc(C(F)(F)F)c(-c3c(C)c(F)cc4[nH]ncc34)c(OCc3ccc(-c4cn([C@H](C(=O)N5C[C@H](O)C[C@H]5C(=O)N[C@@H](CO)c5ccc(-c6ccccn6)cc5)C(C)C)nn4)cc3)c2n1. The van der Waals surface area contributed by atoms with Gasteiger partial charge in [-0.15, -0.1) is 5.10 Å². The summed E-state index contributed by atoms with van der Waals surface area (Å²) in [5.74, 6) is -2.13. The van der Waals surface area contributed by atoms with Gasteiger partial charge in [0.25, 0.3) is 0 Å². The van der Waals surface area contributed by atoms with Crippen LogP contribution in [0.3, 0.4) is 0 Å². The van der Waals surface area contributed by atoms with Crippen molar-refractivity contribution >= 4 is 39.4 Å². The lowest BCUT2D eigenvalue weighted by molar-refractivity contribution is -0.142. The van der Waals surface area contributed by atoms with Gasteiger partial charge in [0.05, 0.1) is 54.0 Å². The van der Waals surface area contributed by atoms with Gasteiger partial charge in [-0.3, -0.25) is 19.7 Å². The maximum atomic E-state index is 15.9. The number of pyridine rings is 1. The van der Waals surface area contributed by atoms with Crippen LogP contribution in [0.4, 0.5) is 23.4 Å². The minimum Gasteiger partial charge on any atom is -0.486 e. The van der Waals surface area contributed by atoms with Crippen molar-refractivity contribution in [1.29, 1.82) is 0 Å². The third-order valence-corrected chi connectivity index (χ3v) is 15.5. The fourth-order valence-corrected chi connectivity index (χ4v) is 11.2. The van der Waals surface area contributed by atoms with E-state index in [4.69, 9.17) is 24.2 Å². The maximum absolute atomic E-state index is 15.9. The lowest BCUT2D eigenvalue weighted by Crippen LogP contribution is -2.50. The summed E-state index contributed by atoms with van der Waals surface area (Å²) < 4.78 is 83.0. The number of hydrogen-bond donors (Lipinski definition) is 5. The molecular formula is C58H60F4N12O7. The highest BCUT2D eigenvalue weighted by Crippen LogP contribution is 2.51. The Kier molecular flexibility index (Phi) is 15.2. The van der Waals surface area contributed by atoms with E-state index in [1.54, 1.807) is 55.7 Å². The number of aromatic nitrogens is 8. The van der Waals surface area contributed by atoms with Gasteiger partial charge in [-0.05, 0) is 67.1 Å². The molecule has 81 heavy (non-hydrogen) atoms. The van der Waals surface area contributed by atoms with Crippen LogP contribution < -0.4 is 25.0 Å². The number of aromatic amines is 1. The smallest absolute Gasteiger partial charge is 0.417 e. The zero-order valence-electron chi connectivity index (χ0n) is 45.0. The molecule has 23 heteroatoms. The maximum Gasteiger partial charge on any atom is 0.417 e. The van der Waals surface area contributed by atoms with Crippen molar-refractivity contribution in [3.05, 3.63) is 126 Å². The van der Waals surface area contributed by atoms with Crippen molar-refractivity contribution in [2.45, 2.75) is 95.7 Å². The summed E-state index contributed by atoms with van der Waals surface area (Å²) in [4.78, 5) is 45.7. The Morgan fingerprint density at radius 1 is 0.926 bits per heavy atom. The van der Waals surface area contributed by atoms with Crippen molar-refractivity contribution in [2.75, 3.05) is 44.9 Å². The number of fused-ring (bicyclic) bond motifs is 4. The Bertz CT molecular complexity index is 3600. The highest BCUT2D eigenvalue weighted by Gasteiger charge is 2.45. The van der Waals surface area contributed by atoms with Crippen molar-refractivity contribution < 1.29 is 51.6 Å². The number of carbonyl (C=O) groups excluding carboxylic acids is 2. The van der Waals surface area contributed by atoms with E-state index in [9.17, 15) is 19.8 Å². The number of anilines is 1. The van der Waals surface area contributed by atoms with Gasteiger partial charge in [-0.1, -0.05) is 73.7 Å². The third kappa shape index (κ3) is 10.8. The topological polar surface area (TPSA) is 231 Å². The highest BCUT2D eigenvalue weighted by atomic mass is 19.4. The number of halogens is 4. The molecule has 3 aliphatic rings. The number of methoxy groups -OCH3 is 1. The summed E-state index contributed by atoms with van der Waals surface area (Å²) in [7, 11) is 1.52. The van der Waals surface area contributed by atoms with Gasteiger partial charge < -0.3 is 44.9 Å². The van der Waals surface area contributed by atoms with E-state index in [0.29, 0.717) is 35.5 Å². The van der Waals surface area contributed by atoms with Crippen LogP contribution in [0.1, 0.15) is 68.0 Å². The summed E-state index contributed by atoms with van der Waals surface area (Å²) >= 11 is 0. The standard InChI is InChI=1S/C58H60F4N12O7/c1-30(2)52(56(78)73-25-39(76)19-48(73)55(77)66-47(27-75)36-15-13-34(14-16-36)44-8-6-7-17-63-44)74-26-46(70-71-74)35-11-9-33(10-12-35)29-80-53-50(49-32(4)43(59)21-45-41(49)23-65-69-45)42(58(60,61)62)20-40-51(53)67-57(81-28-31(3)79-5)68-54(40)72-24-37-18-38(72)22-64-37/h6-17,20-21,23,26,30-31,37-39,47-48,52,64,75-76H,18-19,22,24-25,27-29H2,1-5H3,(H,65,69)(H,66,77)/t31-,37-,38-,39+,47-,48-,52-/m0/s1. The predicted octanol–water partition coefficient (Wildman–Crippen LogP) is 7.51. The molecule has 5 N–H and O–H groups in total. The molecule has 8 aromatic rings. The molecule has 11 rings (SSSR count). The number of benzene rings is 4. The van der Waals surface area contributed by atoms with Crippen LogP contribution in [-0.4, -0.2) is 137 Å². The first-order valence-corrected chi connectivity index (χ1v) is 26.8. The molecule has 3 saturated heterocycles. The second-order valence-electron chi connectivity index (χ2n) is 21.3. The second kappa shape index (κ2) is 22.4. The number of ether oxygens (including phenoxy) is 3. The first kappa shape index (κ1) is 54.8. The van der Waals surface area contributed by atoms with Gasteiger partial charge in [0.1, 0.15) is 48.1 Å². The number of nitrogens with zero attached hydrogens (tertiary/aromatic N) is 9. The molecule has 0 aliphatic carbocycles. The van der Waals surface area contributed by atoms with Gasteiger partial charge in [-0.25, -0.2) is 9.07 Å². The molecule has 0 spiro atoms. The molecule has 2 bridgehead atoms. The second-order valence-corrected chi connectivity index (χ2v) is 21.3. The number of aliphatic hydroxyl groups is 2. The average Bonchev–Trinajstić information content (AvgIpc) is 3.76. The first-order chi connectivity index (χ1) is 39.0. The normalized spacial score (nSPS) is 19.2. The molecule has 7 atom stereocenters. The summed E-state index contributed by atoms with van der Waals surface area (Å²) in [6.07, 6.45) is -0.938. The van der Waals surface area contributed by atoms with Crippen molar-refractivity contribution in [3.8, 4) is 45.4 Å². The quantitative estimate of drug-likeness (QED) is 0.0524. The number of H-pyrrole nitrogens is 1. The van der Waals surface area contributed by atoms with Crippen molar-refractivity contribution in [2.24, 2.45) is 5.92 Å². The molecule has 0 unspecified atom stereocenters. The number of carbonyl (C=O) groups is 2. The number of rotatable bonds is 18. The molecule has 3 fully saturated rings.